The van der Waals surface area contributed by atoms with E-state index in [1.165, 1.54) is 0 Å². The topological polar surface area (TPSA) is 49.4 Å². The Morgan fingerprint density at radius 2 is 1.47 bits per heavy atom. The highest BCUT2D eigenvalue weighted by atomic mass is 32.2. The number of nitrogens with zero attached hydrogens (tertiary/aromatic N) is 1. The molecule has 116 valence electrons. The number of hydrogen-bond donors (Lipinski definition) is 1. The minimum absolute atomic E-state index is 0.381. The molecule has 0 atom stereocenters. The van der Waals surface area contributed by atoms with Gasteiger partial charge in [0, 0.05) is 18.6 Å². The molecule has 19 heavy (non-hydrogen) atoms. The van der Waals surface area contributed by atoms with Crippen molar-refractivity contribution in [2.75, 3.05) is 13.1 Å². The molecule has 0 amide bonds. The highest BCUT2D eigenvalue weighted by Crippen LogP contribution is 2.13. The predicted octanol–water partition coefficient (Wildman–Crippen LogP) is 3.30. The zero-order valence-corrected chi connectivity index (χ0v) is 14.1. The molecule has 0 aliphatic heterocycles. The Kier molecular flexibility index (Phi) is 8.86. The van der Waals surface area contributed by atoms with Crippen LogP contribution in [0.25, 0.3) is 0 Å². The molecule has 0 aliphatic rings. The zero-order valence-electron chi connectivity index (χ0n) is 13.3. The van der Waals surface area contributed by atoms with Gasteiger partial charge in [-0.15, -0.1) is 0 Å². The van der Waals surface area contributed by atoms with Crippen LogP contribution in [0, 0.1) is 0 Å². The summed E-state index contributed by atoms with van der Waals surface area (Å²) in [7, 11) is -3.36. The van der Waals surface area contributed by atoms with Crippen LogP contribution in [0.3, 0.4) is 0 Å². The normalized spacial score (nSPS) is 13.2. The summed E-state index contributed by atoms with van der Waals surface area (Å²) < 4.78 is 29.3. The lowest BCUT2D eigenvalue weighted by molar-refractivity contribution is 0.360. The maximum Gasteiger partial charge on any atom is 0.279 e. The highest BCUT2D eigenvalue weighted by molar-refractivity contribution is 7.87. The molecule has 0 bridgehead atoms. The summed E-state index contributed by atoms with van der Waals surface area (Å²) in [4.78, 5) is 0. The molecule has 0 radical (unpaired) electrons. The predicted molar refractivity (Wildman–Crippen MR) is 82.4 cm³/mol. The van der Waals surface area contributed by atoms with Crippen molar-refractivity contribution in [3.8, 4) is 0 Å². The quantitative estimate of drug-likeness (QED) is 0.594. The van der Waals surface area contributed by atoms with E-state index in [2.05, 4.69) is 18.6 Å². The first-order valence-corrected chi connectivity index (χ1v) is 9.02. The number of nitrogens with one attached hydrogen (secondary N) is 1. The van der Waals surface area contributed by atoms with E-state index in [0.29, 0.717) is 13.1 Å². The molecule has 0 aliphatic carbocycles. The van der Waals surface area contributed by atoms with Crippen LogP contribution in [-0.2, 0) is 10.2 Å². The monoisotopic (exact) mass is 292 g/mol. The molecule has 0 heterocycles. The Hall–Kier alpha value is -0.130. The maximum atomic E-state index is 12.4. The molecule has 5 heteroatoms. The second-order valence-electron chi connectivity index (χ2n) is 5.80. The molecule has 0 fully saturated rings. The van der Waals surface area contributed by atoms with Gasteiger partial charge in [0.15, 0.2) is 0 Å². The van der Waals surface area contributed by atoms with Gasteiger partial charge in [0.05, 0.1) is 0 Å². The van der Waals surface area contributed by atoms with Crippen molar-refractivity contribution in [1.82, 2.24) is 9.03 Å². The summed E-state index contributed by atoms with van der Waals surface area (Å²) in [5.41, 5.74) is -0.381. The maximum absolute atomic E-state index is 12.4. The lowest BCUT2D eigenvalue weighted by Gasteiger charge is -2.29. The van der Waals surface area contributed by atoms with Crippen molar-refractivity contribution < 1.29 is 8.42 Å². The molecule has 0 unspecified atom stereocenters. The molecule has 0 spiro atoms. The largest absolute Gasteiger partial charge is 0.279 e. The zero-order chi connectivity index (χ0) is 14.9. The fourth-order valence-corrected chi connectivity index (χ4v) is 3.42. The SMILES string of the molecule is CCCCCN(CCCC)S(=O)(=O)NC(C)(C)CC. The third kappa shape index (κ3) is 7.90. The van der Waals surface area contributed by atoms with Crippen molar-refractivity contribution in [2.45, 2.75) is 78.7 Å². The molecule has 0 aromatic carbocycles. The van der Waals surface area contributed by atoms with Crippen LogP contribution in [0.5, 0.6) is 0 Å². The van der Waals surface area contributed by atoms with Crippen LogP contribution in [-0.4, -0.2) is 31.4 Å². The summed E-state index contributed by atoms with van der Waals surface area (Å²) >= 11 is 0. The first-order chi connectivity index (χ1) is 8.79. The van der Waals surface area contributed by atoms with Crippen LogP contribution in [0.15, 0.2) is 0 Å². The summed E-state index contributed by atoms with van der Waals surface area (Å²) in [6.07, 6.45) is 5.83. The van der Waals surface area contributed by atoms with Crippen molar-refractivity contribution in [3.63, 3.8) is 0 Å². The van der Waals surface area contributed by atoms with Gasteiger partial charge in [-0.2, -0.15) is 17.4 Å². The van der Waals surface area contributed by atoms with Gasteiger partial charge in [-0.05, 0) is 33.1 Å². The molecular formula is C14H32N2O2S. The van der Waals surface area contributed by atoms with Gasteiger partial charge in [-0.3, -0.25) is 0 Å². The minimum atomic E-state index is -3.36. The van der Waals surface area contributed by atoms with Gasteiger partial charge in [0.1, 0.15) is 0 Å². The molecule has 0 saturated carbocycles. The molecule has 0 saturated heterocycles. The second-order valence-corrected chi connectivity index (χ2v) is 7.47. The van der Waals surface area contributed by atoms with E-state index in [9.17, 15) is 8.42 Å². The lowest BCUT2D eigenvalue weighted by atomic mass is 10.0. The number of unbranched alkanes of at least 4 members (excludes halogenated alkanes) is 3. The Morgan fingerprint density at radius 1 is 0.947 bits per heavy atom. The van der Waals surface area contributed by atoms with E-state index in [1.807, 2.05) is 20.8 Å². The first kappa shape index (κ1) is 18.9. The van der Waals surface area contributed by atoms with Crippen LogP contribution in [0.2, 0.25) is 0 Å². The highest BCUT2D eigenvalue weighted by Gasteiger charge is 2.27. The van der Waals surface area contributed by atoms with E-state index < -0.39 is 10.2 Å². The summed E-state index contributed by atoms with van der Waals surface area (Å²) in [5, 5.41) is 0. The lowest BCUT2D eigenvalue weighted by Crippen LogP contribution is -2.50. The standard InChI is InChI=1S/C14H32N2O2S/c1-6-9-11-13-16(12-10-7-2)19(17,18)15-14(4,5)8-3/h15H,6-13H2,1-5H3. The van der Waals surface area contributed by atoms with Gasteiger partial charge < -0.3 is 0 Å². The van der Waals surface area contributed by atoms with Crippen LogP contribution in [0.4, 0.5) is 0 Å². The van der Waals surface area contributed by atoms with E-state index in [4.69, 9.17) is 0 Å². The van der Waals surface area contributed by atoms with Gasteiger partial charge in [-0.1, -0.05) is 40.0 Å². The van der Waals surface area contributed by atoms with Crippen molar-refractivity contribution >= 4 is 10.2 Å². The smallest absolute Gasteiger partial charge is 0.197 e. The van der Waals surface area contributed by atoms with E-state index in [-0.39, 0.29) is 5.54 Å². The van der Waals surface area contributed by atoms with Gasteiger partial charge in [-0.25, -0.2) is 0 Å². The Labute approximate surface area is 120 Å². The van der Waals surface area contributed by atoms with E-state index >= 15 is 0 Å². The molecule has 4 nitrogen and oxygen atoms in total. The number of rotatable bonds is 11. The summed E-state index contributed by atoms with van der Waals surface area (Å²) in [5.74, 6) is 0. The molecule has 0 rings (SSSR count). The fraction of sp³-hybridized carbons (Fsp3) is 1.00. The summed E-state index contributed by atoms with van der Waals surface area (Å²) in [6.45, 7) is 11.3. The van der Waals surface area contributed by atoms with E-state index in [0.717, 1.165) is 38.5 Å². The third-order valence-corrected chi connectivity index (χ3v) is 5.26. The Bertz CT molecular complexity index is 326. The Balaban J connectivity index is 4.70. The molecule has 1 N–H and O–H groups in total. The summed E-state index contributed by atoms with van der Waals surface area (Å²) in [6, 6.07) is 0. The van der Waals surface area contributed by atoms with Gasteiger partial charge in [0.2, 0.25) is 0 Å². The van der Waals surface area contributed by atoms with Crippen molar-refractivity contribution in [2.24, 2.45) is 0 Å². The molecule has 0 aromatic rings. The van der Waals surface area contributed by atoms with Gasteiger partial charge >= 0.3 is 0 Å². The van der Waals surface area contributed by atoms with Crippen LogP contribution < -0.4 is 4.72 Å². The average molecular weight is 292 g/mol. The third-order valence-electron chi connectivity index (χ3n) is 3.40. The first-order valence-electron chi connectivity index (χ1n) is 7.58. The van der Waals surface area contributed by atoms with Crippen molar-refractivity contribution in [1.29, 1.82) is 0 Å². The minimum Gasteiger partial charge on any atom is -0.197 e. The number of hydrogen-bond acceptors (Lipinski definition) is 2. The van der Waals surface area contributed by atoms with E-state index in [1.54, 1.807) is 4.31 Å². The molecule has 0 aromatic heterocycles. The van der Waals surface area contributed by atoms with Gasteiger partial charge in [0.25, 0.3) is 10.2 Å². The molecular weight excluding hydrogens is 260 g/mol. The van der Waals surface area contributed by atoms with Crippen molar-refractivity contribution in [3.05, 3.63) is 0 Å². The van der Waals surface area contributed by atoms with Crippen LogP contribution in [0.1, 0.15) is 73.1 Å². The second kappa shape index (κ2) is 8.93. The average Bonchev–Trinajstić information content (AvgIpc) is 2.32. The fourth-order valence-electron chi connectivity index (χ4n) is 1.71. The Morgan fingerprint density at radius 3 is 1.95 bits per heavy atom. The van der Waals surface area contributed by atoms with Crippen LogP contribution >= 0.6 is 0 Å².